The minimum Gasteiger partial charge on any atom is -0.361 e. The molecule has 0 spiro atoms. The van der Waals surface area contributed by atoms with Gasteiger partial charge >= 0.3 is 0 Å². The minimum atomic E-state index is 0.799. The zero-order valence-corrected chi connectivity index (χ0v) is 13.1. The van der Waals surface area contributed by atoms with Gasteiger partial charge in [-0.15, -0.1) is 0 Å². The molecule has 0 aliphatic carbocycles. The van der Waals surface area contributed by atoms with Crippen LogP contribution in [-0.4, -0.2) is 55.5 Å². The van der Waals surface area contributed by atoms with Gasteiger partial charge in [0.2, 0.25) is 0 Å². The monoisotopic (exact) mass is 272 g/mol. The molecule has 0 bridgehead atoms. The molecule has 0 atom stereocenters. The molecule has 1 aromatic carbocycles. The van der Waals surface area contributed by atoms with Crippen LogP contribution in [0, 0.1) is 6.92 Å². The van der Waals surface area contributed by atoms with Crippen LogP contribution in [0.15, 0.2) is 29.4 Å². The Morgan fingerprint density at radius 1 is 1.15 bits per heavy atom. The van der Waals surface area contributed by atoms with Gasteiger partial charge in [0.25, 0.3) is 0 Å². The van der Waals surface area contributed by atoms with Crippen LogP contribution in [0.4, 0.5) is 0 Å². The Morgan fingerprint density at radius 3 is 2.50 bits per heavy atom. The highest BCUT2D eigenvalue weighted by atomic mass is 15.3. The zero-order valence-electron chi connectivity index (χ0n) is 13.1. The SMILES string of the molecule is Cc1cccc2[nH]cc(CCN=C(N(C)C)N(C)C)c12. The van der Waals surface area contributed by atoms with E-state index < -0.39 is 0 Å². The molecule has 108 valence electrons. The fourth-order valence-corrected chi connectivity index (χ4v) is 2.61. The Labute approximate surface area is 121 Å². The lowest BCUT2D eigenvalue weighted by atomic mass is 10.1. The second-order valence-corrected chi connectivity index (χ2v) is 5.53. The average molecular weight is 272 g/mol. The van der Waals surface area contributed by atoms with Crippen LogP contribution in [0.5, 0.6) is 0 Å². The van der Waals surface area contributed by atoms with Gasteiger partial charge in [0.1, 0.15) is 0 Å². The van der Waals surface area contributed by atoms with Crippen molar-refractivity contribution >= 4 is 16.9 Å². The summed E-state index contributed by atoms with van der Waals surface area (Å²) in [5.41, 5.74) is 3.88. The molecule has 0 fully saturated rings. The second-order valence-electron chi connectivity index (χ2n) is 5.53. The molecular formula is C16H24N4. The van der Waals surface area contributed by atoms with E-state index in [2.05, 4.69) is 41.3 Å². The number of hydrogen-bond donors (Lipinski definition) is 1. The number of nitrogens with zero attached hydrogens (tertiary/aromatic N) is 3. The van der Waals surface area contributed by atoms with Gasteiger partial charge < -0.3 is 14.8 Å². The maximum Gasteiger partial charge on any atom is 0.195 e. The van der Waals surface area contributed by atoms with E-state index in [9.17, 15) is 0 Å². The van der Waals surface area contributed by atoms with Gasteiger partial charge in [-0.3, -0.25) is 4.99 Å². The Balaban J connectivity index is 2.16. The van der Waals surface area contributed by atoms with Gasteiger partial charge in [0.05, 0.1) is 0 Å². The Kier molecular flexibility index (Phi) is 4.32. The molecule has 0 unspecified atom stereocenters. The average Bonchev–Trinajstić information content (AvgIpc) is 2.78. The first-order chi connectivity index (χ1) is 9.50. The van der Waals surface area contributed by atoms with E-state index in [1.165, 1.54) is 22.0 Å². The minimum absolute atomic E-state index is 0.799. The lowest BCUT2D eigenvalue weighted by Gasteiger charge is -2.22. The quantitative estimate of drug-likeness (QED) is 0.688. The number of guanidine groups is 1. The van der Waals surface area contributed by atoms with E-state index in [-0.39, 0.29) is 0 Å². The Morgan fingerprint density at radius 2 is 1.85 bits per heavy atom. The standard InChI is InChI=1S/C16H24N4/c1-12-7-6-8-14-15(12)13(11-18-14)9-10-17-16(19(2)3)20(4)5/h6-8,11,18H,9-10H2,1-5H3. The van der Waals surface area contributed by atoms with Gasteiger partial charge in [-0.2, -0.15) is 0 Å². The van der Waals surface area contributed by atoms with Crippen LogP contribution in [0.25, 0.3) is 10.9 Å². The van der Waals surface area contributed by atoms with Gasteiger partial charge in [-0.25, -0.2) is 0 Å². The second kappa shape index (κ2) is 5.99. The van der Waals surface area contributed by atoms with Crippen LogP contribution in [-0.2, 0) is 6.42 Å². The summed E-state index contributed by atoms with van der Waals surface area (Å²) in [4.78, 5) is 12.1. The van der Waals surface area contributed by atoms with Gasteiger partial charge in [-0.05, 0) is 30.5 Å². The fraction of sp³-hybridized carbons (Fsp3) is 0.438. The number of aryl methyl sites for hydroxylation is 1. The molecule has 2 rings (SSSR count). The fourth-order valence-electron chi connectivity index (χ4n) is 2.61. The van der Waals surface area contributed by atoms with Crippen molar-refractivity contribution in [3.63, 3.8) is 0 Å². The van der Waals surface area contributed by atoms with Crippen LogP contribution >= 0.6 is 0 Å². The first-order valence-corrected chi connectivity index (χ1v) is 6.95. The largest absolute Gasteiger partial charge is 0.361 e. The Bertz CT molecular complexity index is 598. The molecule has 1 aromatic heterocycles. The third kappa shape index (κ3) is 2.95. The summed E-state index contributed by atoms with van der Waals surface area (Å²) < 4.78 is 0. The molecular weight excluding hydrogens is 248 g/mol. The van der Waals surface area contributed by atoms with Crippen molar-refractivity contribution in [2.75, 3.05) is 34.7 Å². The summed E-state index contributed by atoms with van der Waals surface area (Å²) in [7, 11) is 8.09. The summed E-state index contributed by atoms with van der Waals surface area (Å²) in [5.74, 6) is 1.00. The number of hydrogen-bond acceptors (Lipinski definition) is 1. The van der Waals surface area contributed by atoms with E-state index in [1.807, 2.05) is 38.0 Å². The molecule has 0 radical (unpaired) electrons. The van der Waals surface area contributed by atoms with Crippen molar-refractivity contribution in [3.8, 4) is 0 Å². The number of aromatic amines is 1. The lowest BCUT2D eigenvalue weighted by molar-refractivity contribution is 0.479. The molecule has 0 saturated heterocycles. The molecule has 0 amide bonds. The maximum atomic E-state index is 4.69. The number of benzene rings is 1. The molecule has 4 heteroatoms. The normalized spacial score (nSPS) is 10.7. The number of H-pyrrole nitrogens is 1. The van der Waals surface area contributed by atoms with Gasteiger partial charge in [-0.1, -0.05) is 12.1 Å². The summed E-state index contributed by atoms with van der Waals surface area (Å²) in [5, 5.41) is 1.35. The highest BCUT2D eigenvalue weighted by molar-refractivity contribution is 5.86. The molecule has 2 aromatic rings. The predicted octanol–water partition coefficient (Wildman–Crippen LogP) is 2.50. The third-order valence-corrected chi connectivity index (χ3v) is 3.43. The molecule has 0 saturated carbocycles. The van der Waals surface area contributed by atoms with E-state index in [1.54, 1.807) is 0 Å². The van der Waals surface area contributed by atoms with Crippen molar-refractivity contribution in [1.29, 1.82) is 0 Å². The summed E-state index contributed by atoms with van der Waals surface area (Å²) in [6.45, 7) is 2.96. The number of aromatic nitrogens is 1. The van der Waals surface area contributed by atoms with Crippen molar-refractivity contribution in [2.24, 2.45) is 4.99 Å². The molecule has 20 heavy (non-hydrogen) atoms. The smallest absolute Gasteiger partial charge is 0.195 e. The topological polar surface area (TPSA) is 34.6 Å². The van der Waals surface area contributed by atoms with Crippen molar-refractivity contribution in [2.45, 2.75) is 13.3 Å². The number of rotatable bonds is 3. The summed E-state index contributed by atoms with van der Waals surface area (Å²) >= 11 is 0. The first kappa shape index (κ1) is 14.4. The highest BCUT2D eigenvalue weighted by Crippen LogP contribution is 2.22. The summed E-state index contributed by atoms with van der Waals surface area (Å²) in [6, 6.07) is 6.38. The molecule has 1 heterocycles. The van der Waals surface area contributed by atoms with Gasteiger partial charge in [0.15, 0.2) is 5.96 Å². The summed E-state index contributed by atoms with van der Waals surface area (Å²) in [6.07, 6.45) is 3.06. The molecule has 0 aliphatic heterocycles. The zero-order chi connectivity index (χ0) is 14.7. The predicted molar refractivity (Wildman–Crippen MR) is 86.4 cm³/mol. The van der Waals surface area contributed by atoms with E-state index in [0.717, 1.165) is 18.9 Å². The number of fused-ring (bicyclic) bond motifs is 1. The molecule has 4 nitrogen and oxygen atoms in total. The van der Waals surface area contributed by atoms with Gasteiger partial charge in [0, 0.05) is 51.8 Å². The maximum absolute atomic E-state index is 4.69. The van der Waals surface area contributed by atoms with E-state index in [4.69, 9.17) is 0 Å². The van der Waals surface area contributed by atoms with Crippen molar-refractivity contribution in [1.82, 2.24) is 14.8 Å². The Hall–Kier alpha value is -1.97. The van der Waals surface area contributed by atoms with Crippen LogP contribution < -0.4 is 0 Å². The first-order valence-electron chi connectivity index (χ1n) is 6.95. The third-order valence-electron chi connectivity index (χ3n) is 3.43. The van der Waals surface area contributed by atoms with Crippen molar-refractivity contribution in [3.05, 3.63) is 35.5 Å². The van der Waals surface area contributed by atoms with Crippen molar-refractivity contribution < 1.29 is 0 Å². The number of nitrogens with one attached hydrogen (secondary N) is 1. The molecule has 0 aliphatic rings. The van der Waals surface area contributed by atoms with Crippen LogP contribution in [0.2, 0.25) is 0 Å². The van der Waals surface area contributed by atoms with E-state index >= 15 is 0 Å². The van der Waals surface area contributed by atoms with Crippen LogP contribution in [0.3, 0.4) is 0 Å². The number of aliphatic imine (C=N–C) groups is 1. The lowest BCUT2D eigenvalue weighted by Crippen LogP contribution is -2.35. The molecule has 1 N–H and O–H groups in total. The van der Waals surface area contributed by atoms with E-state index in [0.29, 0.717) is 0 Å². The van der Waals surface area contributed by atoms with Crippen LogP contribution in [0.1, 0.15) is 11.1 Å². The highest BCUT2D eigenvalue weighted by Gasteiger charge is 2.07.